The molecular formula is C16H13NO2S. The molecule has 4 rings (SSSR count). The van der Waals surface area contributed by atoms with Gasteiger partial charge in [0.1, 0.15) is 0 Å². The summed E-state index contributed by atoms with van der Waals surface area (Å²) in [5.41, 5.74) is 2.51. The fourth-order valence-electron chi connectivity index (χ4n) is 3.33. The number of carbonyl (C=O) groups excluding carboxylic acids is 1. The third-order valence-corrected chi connectivity index (χ3v) is 6.03. The van der Waals surface area contributed by atoms with Gasteiger partial charge < -0.3 is 4.90 Å². The molecule has 2 heterocycles. The lowest BCUT2D eigenvalue weighted by Gasteiger charge is -2.31. The minimum absolute atomic E-state index is 0.00435. The summed E-state index contributed by atoms with van der Waals surface area (Å²) >= 11 is 0. The normalized spacial score (nSPS) is 27.5. The van der Waals surface area contributed by atoms with Gasteiger partial charge in [0.05, 0.1) is 10.8 Å². The van der Waals surface area contributed by atoms with E-state index in [0.717, 1.165) is 11.1 Å². The molecule has 1 fully saturated rings. The SMILES string of the molecule is O=C1c2ccccc2C2(c3ccccc3)N1CC[S@@]2=O. The molecule has 1 unspecified atom stereocenters. The van der Waals surface area contributed by atoms with E-state index in [9.17, 15) is 9.00 Å². The van der Waals surface area contributed by atoms with E-state index >= 15 is 0 Å². The van der Waals surface area contributed by atoms with Crippen LogP contribution in [0.25, 0.3) is 0 Å². The lowest BCUT2D eigenvalue weighted by atomic mass is 9.97. The number of rotatable bonds is 1. The quantitative estimate of drug-likeness (QED) is 0.804. The zero-order valence-corrected chi connectivity index (χ0v) is 11.6. The van der Waals surface area contributed by atoms with Crippen LogP contribution < -0.4 is 0 Å². The number of benzene rings is 2. The fourth-order valence-corrected chi connectivity index (χ4v) is 5.22. The number of hydrogen-bond acceptors (Lipinski definition) is 2. The van der Waals surface area contributed by atoms with Gasteiger partial charge in [0, 0.05) is 23.4 Å². The Morgan fingerprint density at radius 2 is 1.70 bits per heavy atom. The Hall–Kier alpha value is -1.94. The van der Waals surface area contributed by atoms with Crippen molar-refractivity contribution in [2.24, 2.45) is 0 Å². The lowest BCUT2D eigenvalue weighted by molar-refractivity contribution is 0.0750. The Labute approximate surface area is 119 Å². The summed E-state index contributed by atoms with van der Waals surface area (Å²) in [6.07, 6.45) is 0. The van der Waals surface area contributed by atoms with E-state index in [1.807, 2.05) is 54.6 Å². The third-order valence-electron chi connectivity index (χ3n) is 4.14. The van der Waals surface area contributed by atoms with Crippen LogP contribution in [-0.4, -0.2) is 27.3 Å². The van der Waals surface area contributed by atoms with Gasteiger partial charge in [-0.15, -0.1) is 0 Å². The molecule has 4 heteroatoms. The van der Waals surface area contributed by atoms with E-state index < -0.39 is 15.7 Å². The molecule has 2 atom stereocenters. The first kappa shape index (κ1) is 11.9. The maximum atomic E-state index is 12.8. The van der Waals surface area contributed by atoms with Gasteiger partial charge in [-0.1, -0.05) is 48.5 Å². The molecule has 0 aliphatic carbocycles. The Morgan fingerprint density at radius 1 is 1.00 bits per heavy atom. The average molecular weight is 283 g/mol. The van der Waals surface area contributed by atoms with Crippen LogP contribution in [0, 0.1) is 0 Å². The van der Waals surface area contributed by atoms with Crippen LogP contribution in [0.2, 0.25) is 0 Å². The molecule has 2 aliphatic heterocycles. The maximum Gasteiger partial charge on any atom is 0.256 e. The Bertz CT molecular complexity index is 728. The zero-order valence-electron chi connectivity index (χ0n) is 10.8. The molecule has 0 N–H and O–H groups in total. The van der Waals surface area contributed by atoms with Gasteiger partial charge in [-0.25, -0.2) is 0 Å². The van der Waals surface area contributed by atoms with Crippen molar-refractivity contribution < 1.29 is 9.00 Å². The predicted molar refractivity (Wildman–Crippen MR) is 77.7 cm³/mol. The standard InChI is InChI=1S/C16H13NO2S/c18-15-13-8-4-5-9-14(13)16(12-6-2-1-3-7-12)17(15)10-11-20(16)19/h1-9H,10-11H2/t16?,20-/m0/s1. The Morgan fingerprint density at radius 3 is 2.50 bits per heavy atom. The first-order valence-electron chi connectivity index (χ1n) is 6.62. The molecule has 1 amide bonds. The monoisotopic (exact) mass is 283 g/mol. The minimum atomic E-state index is -1.11. The molecule has 0 aromatic heterocycles. The van der Waals surface area contributed by atoms with Gasteiger partial charge in [-0.3, -0.25) is 9.00 Å². The first-order chi connectivity index (χ1) is 9.76. The molecule has 100 valence electrons. The highest BCUT2D eigenvalue weighted by Gasteiger charge is 2.58. The lowest BCUT2D eigenvalue weighted by Crippen LogP contribution is -2.41. The highest BCUT2D eigenvalue weighted by Crippen LogP contribution is 2.49. The number of fused-ring (bicyclic) bond motifs is 3. The van der Waals surface area contributed by atoms with Crippen molar-refractivity contribution in [3.05, 3.63) is 71.3 Å². The van der Waals surface area contributed by atoms with Crippen molar-refractivity contribution in [1.82, 2.24) is 4.90 Å². The number of hydrogen-bond donors (Lipinski definition) is 0. The summed E-state index contributed by atoms with van der Waals surface area (Å²) in [5.74, 6) is 0.532. The topological polar surface area (TPSA) is 37.4 Å². The van der Waals surface area contributed by atoms with Gasteiger partial charge in [0.2, 0.25) is 0 Å². The summed E-state index contributed by atoms with van der Waals surface area (Å²) in [4.78, 5) is 13.6. The molecule has 2 aromatic rings. The summed E-state index contributed by atoms with van der Waals surface area (Å²) in [6, 6.07) is 17.3. The van der Waals surface area contributed by atoms with Gasteiger partial charge >= 0.3 is 0 Å². The Balaban J connectivity index is 2.08. The fraction of sp³-hybridized carbons (Fsp3) is 0.188. The minimum Gasteiger partial charge on any atom is -0.313 e. The Kier molecular flexibility index (Phi) is 2.39. The second kappa shape index (κ2) is 4.03. The summed E-state index contributed by atoms with van der Waals surface area (Å²) in [5, 5.41) is 0. The van der Waals surface area contributed by atoms with E-state index in [1.165, 1.54) is 0 Å². The van der Waals surface area contributed by atoms with Crippen molar-refractivity contribution in [2.75, 3.05) is 12.3 Å². The van der Waals surface area contributed by atoms with Crippen LogP contribution in [-0.2, 0) is 15.7 Å². The predicted octanol–water partition coefficient (Wildman–Crippen LogP) is 2.11. The molecule has 0 bridgehead atoms. The molecule has 0 spiro atoms. The van der Waals surface area contributed by atoms with Crippen LogP contribution in [0.1, 0.15) is 21.5 Å². The average Bonchev–Trinajstić information content (AvgIpc) is 2.97. The van der Waals surface area contributed by atoms with Crippen molar-refractivity contribution in [2.45, 2.75) is 4.87 Å². The summed E-state index contributed by atoms with van der Waals surface area (Å²) in [7, 11) is -1.11. The van der Waals surface area contributed by atoms with Crippen LogP contribution in [0.4, 0.5) is 0 Å². The molecule has 0 saturated carbocycles. The zero-order chi connectivity index (χ0) is 13.7. The second-order valence-electron chi connectivity index (χ2n) is 5.06. The molecule has 2 aromatic carbocycles. The largest absolute Gasteiger partial charge is 0.313 e. The van der Waals surface area contributed by atoms with Crippen LogP contribution >= 0.6 is 0 Å². The van der Waals surface area contributed by atoms with E-state index in [1.54, 1.807) is 4.90 Å². The van der Waals surface area contributed by atoms with Crippen LogP contribution in [0.15, 0.2) is 54.6 Å². The molecule has 0 radical (unpaired) electrons. The van der Waals surface area contributed by atoms with E-state index in [2.05, 4.69) is 0 Å². The molecule has 20 heavy (non-hydrogen) atoms. The van der Waals surface area contributed by atoms with Gasteiger partial charge in [0.25, 0.3) is 5.91 Å². The summed E-state index contributed by atoms with van der Waals surface area (Å²) in [6.45, 7) is 0.551. The smallest absolute Gasteiger partial charge is 0.256 e. The van der Waals surface area contributed by atoms with Crippen LogP contribution in [0.5, 0.6) is 0 Å². The van der Waals surface area contributed by atoms with E-state index in [-0.39, 0.29) is 5.91 Å². The number of carbonyl (C=O) groups is 1. The van der Waals surface area contributed by atoms with Gasteiger partial charge in [-0.05, 0) is 11.6 Å². The van der Waals surface area contributed by atoms with E-state index in [0.29, 0.717) is 17.9 Å². The second-order valence-corrected chi connectivity index (χ2v) is 6.75. The van der Waals surface area contributed by atoms with Crippen molar-refractivity contribution in [1.29, 1.82) is 0 Å². The number of amides is 1. The van der Waals surface area contributed by atoms with Crippen molar-refractivity contribution >= 4 is 16.7 Å². The number of nitrogens with zero attached hydrogens (tertiary/aromatic N) is 1. The maximum absolute atomic E-state index is 12.8. The van der Waals surface area contributed by atoms with Crippen LogP contribution in [0.3, 0.4) is 0 Å². The van der Waals surface area contributed by atoms with Crippen molar-refractivity contribution in [3.63, 3.8) is 0 Å². The molecule has 2 aliphatic rings. The summed E-state index contributed by atoms with van der Waals surface area (Å²) < 4.78 is 12.8. The first-order valence-corrected chi connectivity index (χ1v) is 7.93. The highest BCUT2D eigenvalue weighted by molar-refractivity contribution is 7.86. The van der Waals surface area contributed by atoms with Crippen molar-refractivity contribution in [3.8, 4) is 0 Å². The highest BCUT2D eigenvalue weighted by atomic mass is 32.2. The van der Waals surface area contributed by atoms with Gasteiger partial charge in [-0.2, -0.15) is 0 Å². The molecule has 3 nitrogen and oxygen atoms in total. The molecule has 1 saturated heterocycles. The molecular weight excluding hydrogens is 270 g/mol. The van der Waals surface area contributed by atoms with Gasteiger partial charge in [0.15, 0.2) is 4.87 Å². The third kappa shape index (κ3) is 1.25. The van der Waals surface area contributed by atoms with E-state index in [4.69, 9.17) is 0 Å².